The third kappa shape index (κ3) is 4.93. The van der Waals surface area contributed by atoms with Gasteiger partial charge in [0.25, 0.3) is 0 Å². The molecule has 0 fully saturated rings. The van der Waals surface area contributed by atoms with Crippen molar-refractivity contribution in [3.8, 4) is 33.8 Å². The molecule has 34 heavy (non-hydrogen) atoms. The molecule has 0 unspecified atom stereocenters. The van der Waals surface area contributed by atoms with Gasteiger partial charge >= 0.3 is 5.97 Å². The summed E-state index contributed by atoms with van der Waals surface area (Å²) >= 11 is 0. The van der Waals surface area contributed by atoms with Crippen molar-refractivity contribution in [2.24, 2.45) is 0 Å². The van der Waals surface area contributed by atoms with Gasteiger partial charge in [-0.1, -0.05) is 36.4 Å². The molecule has 4 rings (SSSR count). The molecule has 1 N–H and O–H groups in total. The van der Waals surface area contributed by atoms with Crippen molar-refractivity contribution in [1.29, 1.82) is 0 Å². The summed E-state index contributed by atoms with van der Waals surface area (Å²) in [5.74, 6) is 1.24. The van der Waals surface area contributed by atoms with Crippen LogP contribution in [0.4, 0.5) is 0 Å². The largest absolute Gasteiger partial charge is 0.491 e. The lowest BCUT2D eigenvalue weighted by Gasteiger charge is -2.13. The topological polar surface area (TPSA) is 60.6 Å². The van der Waals surface area contributed by atoms with E-state index in [0.717, 1.165) is 44.7 Å². The Hall–Kier alpha value is -3.73. The minimum Gasteiger partial charge on any atom is -0.491 e. The maximum absolute atomic E-state index is 12.9. The summed E-state index contributed by atoms with van der Waals surface area (Å²) in [7, 11) is 0. The van der Waals surface area contributed by atoms with Gasteiger partial charge in [0.15, 0.2) is 0 Å². The zero-order chi connectivity index (χ0) is 24.2. The van der Waals surface area contributed by atoms with Crippen molar-refractivity contribution in [1.82, 2.24) is 4.98 Å². The first-order valence-corrected chi connectivity index (χ1v) is 11.7. The average Bonchev–Trinajstić information content (AvgIpc) is 3.19. The highest BCUT2D eigenvalue weighted by Gasteiger charge is 2.23. The van der Waals surface area contributed by atoms with Crippen molar-refractivity contribution in [2.45, 2.75) is 46.8 Å². The van der Waals surface area contributed by atoms with Crippen LogP contribution in [0.25, 0.3) is 33.2 Å². The molecule has 1 heterocycles. The van der Waals surface area contributed by atoms with Gasteiger partial charge in [-0.2, -0.15) is 0 Å². The second-order valence-corrected chi connectivity index (χ2v) is 8.71. The van der Waals surface area contributed by atoms with Crippen molar-refractivity contribution >= 4 is 16.9 Å². The Morgan fingerprint density at radius 3 is 1.88 bits per heavy atom. The Labute approximate surface area is 200 Å². The summed E-state index contributed by atoms with van der Waals surface area (Å²) in [5.41, 5.74) is 5.12. The molecule has 0 aliphatic carbocycles. The van der Waals surface area contributed by atoms with Gasteiger partial charge in [-0.15, -0.1) is 0 Å². The van der Waals surface area contributed by atoms with Crippen molar-refractivity contribution in [3.63, 3.8) is 0 Å². The highest BCUT2D eigenvalue weighted by atomic mass is 16.5. The number of hydrogen-bond donors (Lipinski definition) is 1. The van der Waals surface area contributed by atoms with Crippen LogP contribution in [0.2, 0.25) is 0 Å². The van der Waals surface area contributed by atoms with Crippen LogP contribution in [-0.2, 0) is 4.74 Å². The normalized spacial score (nSPS) is 11.3. The van der Waals surface area contributed by atoms with Gasteiger partial charge in [0.1, 0.15) is 17.2 Å². The molecule has 0 spiro atoms. The summed E-state index contributed by atoms with van der Waals surface area (Å²) in [6, 6.07) is 21.9. The van der Waals surface area contributed by atoms with Crippen LogP contribution in [0.5, 0.6) is 11.5 Å². The first kappa shape index (κ1) is 23.4. The first-order valence-electron chi connectivity index (χ1n) is 11.7. The number of ether oxygens (including phenoxy) is 3. The van der Waals surface area contributed by atoms with E-state index in [1.165, 1.54) is 0 Å². The van der Waals surface area contributed by atoms with Crippen LogP contribution in [0, 0.1) is 0 Å². The van der Waals surface area contributed by atoms with E-state index >= 15 is 0 Å². The number of aromatic nitrogens is 1. The Kier molecular flexibility index (Phi) is 6.92. The summed E-state index contributed by atoms with van der Waals surface area (Å²) < 4.78 is 17.0. The summed E-state index contributed by atoms with van der Waals surface area (Å²) in [6.07, 6.45) is 0.198. The molecule has 0 saturated carbocycles. The lowest BCUT2D eigenvalue weighted by Crippen LogP contribution is -2.07. The lowest BCUT2D eigenvalue weighted by atomic mass is 9.94. The van der Waals surface area contributed by atoms with Crippen LogP contribution in [0.1, 0.15) is 45.1 Å². The molecule has 4 aromatic rings. The van der Waals surface area contributed by atoms with Gasteiger partial charge in [0.05, 0.1) is 18.8 Å². The van der Waals surface area contributed by atoms with Crippen LogP contribution in [-0.4, -0.2) is 29.8 Å². The van der Waals surface area contributed by atoms with Gasteiger partial charge < -0.3 is 19.2 Å². The van der Waals surface area contributed by atoms with Crippen LogP contribution in [0.3, 0.4) is 0 Å². The van der Waals surface area contributed by atoms with Crippen molar-refractivity contribution in [2.75, 3.05) is 6.61 Å². The highest BCUT2D eigenvalue weighted by Crippen LogP contribution is 2.40. The van der Waals surface area contributed by atoms with Crippen molar-refractivity contribution in [3.05, 3.63) is 72.4 Å². The van der Waals surface area contributed by atoms with Gasteiger partial charge in [-0.3, -0.25) is 0 Å². The highest BCUT2D eigenvalue weighted by molar-refractivity contribution is 6.13. The Morgan fingerprint density at radius 1 is 0.794 bits per heavy atom. The standard InChI is InChI=1S/C29H31NO4/c1-6-32-29(31)28-26(21-12-16-23(17-13-21)34-19(4)5)27-24(8-7-9-25(27)30-28)20-10-14-22(15-11-20)33-18(2)3/h7-19,30H,6H2,1-5H3. The van der Waals surface area contributed by atoms with Gasteiger partial charge in [-0.25, -0.2) is 4.79 Å². The van der Waals surface area contributed by atoms with E-state index in [-0.39, 0.29) is 18.2 Å². The molecule has 176 valence electrons. The predicted octanol–water partition coefficient (Wildman–Crippen LogP) is 7.25. The Bertz CT molecular complexity index is 1270. The van der Waals surface area contributed by atoms with Gasteiger partial charge in [0.2, 0.25) is 0 Å². The van der Waals surface area contributed by atoms with Crippen LogP contribution < -0.4 is 9.47 Å². The van der Waals surface area contributed by atoms with Gasteiger partial charge in [0, 0.05) is 16.5 Å². The number of carbonyl (C=O) groups is 1. The van der Waals surface area contributed by atoms with E-state index in [9.17, 15) is 4.79 Å². The summed E-state index contributed by atoms with van der Waals surface area (Å²) in [5, 5.41) is 0.973. The maximum Gasteiger partial charge on any atom is 0.355 e. The van der Waals surface area contributed by atoms with Crippen molar-refractivity contribution < 1.29 is 19.0 Å². The molecular formula is C29H31NO4. The fraction of sp³-hybridized carbons (Fsp3) is 0.276. The van der Waals surface area contributed by atoms with E-state index in [1.54, 1.807) is 0 Å². The molecule has 1 aromatic heterocycles. The number of benzene rings is 3. The second-order valence-electron chi connectivity index (χ2n) is 8.71. The maximum atomic E-state index is 12.9. The molecular weight excluding hydrogens is 426 g/mol. The number of nitrogens with one attached hydrogen (secondary N) is 1. The molecule has 5 heteroatoms. The minimum atomic E-state index is -0.372. The monoisotopic (exact) mass is 457 g/mol. The number of rotatable bonds is 8. The number of fused-ring (bicyclic) bond motifs is 1. The summed E-state index contributed by atoms with van der Waals surface area (Å²) in [4.78, 5) is 16.2. The SMILES string of the molecule is CCOC(=O)c1[nH]c2cccc(-c3ccc(OC(C)C)cc3)c2c1-c1ccc(OC(C)C)cc1. The Morgan fingerprint density at radius 2 is 1.35 bits per heavy atom. The zero-order valence-corrected chi connectivity index (χ0v) is 20.3. The zero-order valence-electron chi connectivity index (χ0n) is 20.3. The number of hydrogen-bond acceptors (Lipinski definition) is 4. The molecule has 0 radical (unpaired) electrons. The first-order chi connectivity index (χ1) is 16.4. The van der Waals surface area contributed by atoms with Crippen LogP contribution >= 0.6 is 0 Å². The molecule has 0 saturated heterocycles. The molecule has 0 bridgehead atoms. The van der Waals surface area contributed by atoms with E-state index < -0.39 is 0 Å². The third-order valence-electron chi connectivity index (χ3n) is 5.36. The minimum absolute atomic E-state index is 0.0864. The van der Waals surface area contributed by atoms with E-state index in [0.29, 0.717) is 12.3 Å². The van der Waals surface area contributed by atoms with Crippen LogP contribution in [0.15, 0.2) is 66.7 Å². The van der Waals surface area contributed by atoms with E-state index in [4.69, 9.17) is 14.2 Å². The number of aromatic amines is 1. The quantitative estimate of drug-likeness (QED) is 0.283. The predicted molar refractivity (Wildman–Crippen MR) is 137 cm³/mol. The smallest absolute Gasteiger partial charge is 0.355 e. The lowest BCUT2D eigenvalue weighted by molar-refractivity contribution is 0.0521. The molecule has 5 nitrogen and oxygen atoms in total. The molecule has 0 aliphatic rings. The van der Waals surface area contributed by atoms with E-state index in [2.05, 4.69) is 11.1 Å². The summed E-state index contributed by atoms with van der Waals surface area (Å²) in [6.45, 7) is 10.1. The fourth-order valence-electron chi connectivity index (χ4n) is 4.09. The number of carbonyl (C=O) groups excluding carboxylic acids is 1. The molecule has 0 aliphatic heterocycles. The average molecular weight is 458 g/mol. The second kappa shape index (κ2) is 10.0. The Balaban J connectivity index is 1.88. The third-order valence-corrected chi connectivity index (χ3v) is 5.36. The number of esters is 1. The molecule has 3 aromatic carbocycles. The fourth-order valence-corrected chi connectivity index (χ4v) is 4.09. The molecule has 0 atom stereocenters. The molecule has 0 amide bonds. The number of H-pyrrole nitrogens is 1. The van der Waals surface area contributed by atoms with E-state index in [1.807, 2.05) is 95.3 Å². The van der Waals surface area contributed by atoms with Gasteiger partial charge in [-0.05, 0) is 81.6 Å².